The third kappa shape index (κ3) is 4.94. The molecular formula is C13H14BrIN2O2. The zero-order valence-electron chi connectivity index (χ0n) is 10.4. The smallest absolute Gasteiger partial charge is 0.303 e. The van der Waals surface area contributed by atoms with Crippen LogP contribution in [0, 0.1) is 3.57 Å². The molecule has 0 radical (unpaired) electrons. The van der Waals surface area contributed by atoms with Crippen molar-refractivity contribution < 1.29 is 9.53 Å². The fraction of sp³-hybridized carbons (Fsp3) is 0.231. The highest BCUT2D eigenvalue weighted by molar-refractivity contribution is 14.1. The number of carbonyl (C=O) groups excluding carboxylic acids is 1. The first-order valence-electron chi connectivity index (χ1n) is 5.52. The third-order valence-electron chi connectivity index (χ3n) is 2.46. The average molecular weight is 437 g/mol. The number of aromatic nitrogens is 2. The van der Waals surface area contributed by atoms with E-state index in [2.05, 4.69) is 45.8 Å². The zero-order valence-corrected chi connectivity index (χ0v) is 14.2. The number of carbonyl (C=O) groups is 1. The van der Waals surface area contributed by atoms with Crippen LogP contribution in [0.3, 0.4) is 0 Å². The minimum atomic E-state index is -0.281. The van der Waals surface area contributed by atoms with Gasteiger partial charge in [0.2, 0.25) is 0 Å². The Morgan fingerprint density at radius 2 is 2.26 bits per heavy atom. The van der Waals surface area contributed by atoms with Crippen LogP contribution in [-0.2, 0) is 22.7 Å². The minimum absolute atomic E-state index is 0. The van der Waals surface area contributed by atoms with Gasteiger partial charge in [0.15, 0.2) is 0 Å². The van der Waals surface area contributed by atoms with Crippen LogP contribution in [0.4, 0.5) is 0 Å². The normalized spacial score (nSPS) is 9.79. The predicted octanol–water partition coefficient (Wildman–Crippen LogP) is 3.18. The van der Waals surface area contributed by atoms with Gasteiger partial charge in [-0.15, -0.1) is 17.0 Å². The molecule has 19 heavy (non-hydrogen) atoms. The molecule has 6 heteroatoms. The summed E-state index contributed by atoms with van der Waals surface area (Å²) in [5, 5.41) is 0. The van der Waals surface area contributed by atoms with Crippen molar-refractivity contribution in [3.63, 3.8) is 0 Å². The van der Waals surface area contributed by atoms with Crippen molar-refractivity contribution >= 4 is 45.5 Å². The number of halogens is 2. The second-order valence-electron chi connectivity index (χ2n) is 3.92. The average Bonchev–Trinajstić information content (AvgIpc) is 2.74. The van der Waals surface area contributed by atoms with E-state index in [1.807, 2.05) is 10.6 Å². The molecule has 1 aromatic carbocycles. The Morgan fingerprint density at radius 1 is 1.47 bits per heavy atom. The van der Waals surface area contributed by atoms with Crippen LogP contribution < -0.4 is 0 Å². The number of imidazole rings is 1. The van der Waals surface area contributed by atoms with Gasteiger partial charge >= 0.3 is 5.97 Å². The lowest BCUT2D eigenvalue weighted by Gasteiger charge is -2.08. The van der Waals surface area contributed by atoms with Crippen molar-refractivity contribution in [2.45, 2.75) is 20.1 Å². The number of nitrogens with zero attached hydrogens (tertiary/aromatic N) is 2. The summed E-state index contributed by atoms with van der Waals surface area (Å²) in [6.45, 7) is 2.40. The highest BCUT2D eigenvalue weighted by Crippen LogP contribution is 2.11. The topological polar surface area (TPSA) is 44.1 Å². The molecular weight excluding hydrogens is 423 g/mol. The van der Waals surface area contributed by atoms with Crippen molar-refractivity contribution in [2.24, 2.45) is 0 Å². The van der Waals surface area contributed by atoms with Crippen LogP contribution >= 0.6 is 39.6 Å². The molecule has 0 aliphatic rings. The van der Waals surface area contributed by atoms with Crippen molar-refractivity contribution in [1.82, 2.24) is 9.55 Å². The Labute approximate surface area is 136 Å². The summed E-state index contributed by atoms with van der Waals surface area (Å²) >= 11 is 2.29. The fourth-order valence-corrected chi connectivity index (χ4v) is 2.23. The van der Waals surface area contributed by atoms with E-state index < -0.39 is 0 Å². The molecule has 0 aliphatic heterocycles. The first-order valence-corrected chi connectivity index (χ1v) is 6.60. The molecule has 4 nitrogen and oxygen atoms in total. The summed E-state index contributed by atoms with van der Waals surface area (Å²) in [7, 11) is 0. The van der Waals surface area contributed by atoms with Gasteiger partial charge in [-0.2, -0.15) is 0 Å². The van der Waals surface area contributed by atoms with Crippen LogP contribution in [-0.4, -0.2) is 15.5 Å². The molecule has 0 atom stereocenters. The van der Waals surface area contributed by atoms with E-state index >= 15 is 0 Å². The number of rotatable bonds is 4. The first kappa shape index (κ1) is 16.2. The Balaban J connectivity index is 0.00000180. The van der Waals surface area contributed by atoms with Gasteiger partial charge in [-0.1, -0.05) is 12.1 Å². The summed E-state index contributed by atoms with van der Waals surface area (Å²) in [5.74, 6) is -0.281. The molecule has 0 saturated heterocycles. The highest BCUT2D eigenvalue weighted by Gasteiger charge is 2.05. The van der Waals surface area contributed by atoms with Gasteiger partial charge in [0.1, 0.15) is 6.61 Å². The molecule has 1 aromatic heterocycles. The van der Waals surface area contributed by atoms with Crippen molar-refractivity contribution in [2.75, 3.05) is 0 Å². The molecule has 102 valence electrons. The van der Waals surface area contributed by atoms with Gasteiger partial charge in [-0.05, 0) is 40.3 Å². The van der Waals surface area contributed by atoms with Gasteiger partial charge in [-0.3, -0.25) is 4.79 Å². The Kier molecular flexibility index (Phi) is 6.50. The lowest BCUT2D eigenvalue weighted by Crippen LogP contribution is -2.07. The van der Waals surface area contributed by atoms with Crippen LogP contribution in [0.5, 0.6) is 0 Å². The van der Waals surface area contributed by atoms with Crippen molar-refractivity contribution in [1.29, 1.82) is 0 Å². The second kappa shape index (κ2) is 7.64. The number of hydrogen-bond acceptors (Lipinski definition) is 3. The molecule has 2 rings (SSSR count). The van der Waals surface area contributed by atoms with Gasteiger partial charge in [-0.25, -0.2) is 4.98 Å². The fourth-order valence-electron chi connectivity index (χ4n) is 1.62. The number of benzene rings is 1. The molecule has 2 aromatic rings. The van der Waals surface area contributed by atoms with Gasteiger partial charge in [0.25, 0.3) is 0 Å². The summed E-state index contributed by atoms with van der Waals surface area (Å²) in [6, 6.07) is 8.27. The summed E-state index contributed by atoms with van der Waals surface area (Å²) < 4.78 is 8.17. The van der Waals surface area contributed by atoms with Crippen molar-refractivity contribution in [3.05, 3.63) is 51.6 Å². The molecule has 0 amide bonds. The largest absolute Gasteiger partial charge is 0.459 e. The Bertz CT molecular complexity index is 557. The molecule has 0 aliphatic carbocycles. The summed E-state index contributed by atoms with van der Waals surface area (Å²) in [4.78, 5) is 14.9. The zero-order chi connectivity index (χ0) is 13.0. The SMILES string of the molecule is Br.CC(=O)OCc1cncn1Cc1cccc(I)c1. The first-order chi connectivity index (χ1) is 8.65. The van der Waals surface area contributed by atoms with Gasteiger partial charge in [0, 0.05) is 17.0 Å². The second-order valence-corrected chi connectivity index (χ2v) is 5.17. The molecule has 1 heterocycles. The lowest BCUT2D eigenvalue weighted by molar-refractivity contribution is -0.142. The van der Waals surface area contributed by atoms with Crippen LogP contribution in [0.1, 0.15) is 18.2 Å². The van der Waals surface area contributed by atoms with E-state index in [9.17, 15) is 4.79 Å². The Morgan fingerprint density at radius 3 is 2.95 bits per heavy atom. The summed E-state index contributed by atoms with van der Waals surface area (Å²) in [5.41, 5.74) is 2.09. The molecule has 0 spiro atoms. The molecule has 0 N–H and O–H groups in total. The Hall–Kier alpha value is -0.890. The quantitative estimate of drug-likeness (QED) is 0.546. The van der Waals surface area contributed by atoms with Crippen LogP contribution in [0.25, 0.3) is 0 Å². The maximum Gasteiger partial charge on any atom is 0.303 e. The maximum atomic E-state index is 10.8. The predicted molar refractivity (Wildman–Crippen MR) is 86.3 cm³/mol. The van der Waals surface area contributed by atoms with E-state index in [-0.39, 0.29) is 29.6 Å². The lowest BCUT2D eigenvalue weighted by atomic mass is 10.2. The van der Waals surface area contributed by atoms with E-state index in [0.717, 1.165) is 12.2 Å². The minimum Gasteiger partial charge on any atom is -0.459 e. The third-order valence-corrected chi connectivity index (χ3v) is 3.13. The van der Waals surface area contributed by atoms with E-state index in [4.69, 9.17) is 4.74 Å². The monoisotopic (exact) mass is 436 g/mol. The molecule has 0 saturated carbocycles. The molecule has 0 fully saturated rings. The number of esters is 1. The standard InChI is InChI=1S/C13H13IN2O2.BrH/c1-10(17)18-8-13-6-15-9-16(13)7-11-3-2-4-12(14)5-11;/h2-6,9H,7-8H2,1H3;1H. The van der Waals surface area contributed by atoms with E-state index in [0.29, 0.717) is 0 Å². The van der Waals surface area contributed by atoms with E-state index in [1.165, 1.54) is 16.1 Å². The molecule has 0 unspecified atom stereocenters. The van der Waals surface area contributed by atoms with Gasteiger partial charge in [0.05, 0.1) is 18.2 Å². The highest BCUT2D eigenvalue weighted by atomic mass is 127. The van der Waals surface area contributed by atoms with E-state index in [1.54, 1.807) is 12.5 Å². The number of hydrogen-bond donors (Lipinski definition) is 0. The summed E-state index contributed by atoms with van der Waals surface area (Å²) in [6.07, 6.45) is 3.47. The van der Waals surface area contributed by atoms with Gasteiger partial charge < -0.3 is 9.30 Å². The number of ether oxygens (including phenoxy) is 1. The van der Waals surface area contributed by atoms with Crippen molar-refractivity contribution in [3.8, 4) is 0 Å². The van der Waals surface area contributed by atoms with Crippen LogP contribution in [0.15, 0.2) is 36.8 Å². The van der Waals surface area contributed by atoms with Crippen LogP contribution in [0.2, 0.25) is 0 Å². The molecule has 0 bridgehead atoms. The maximum absolute atomic E-state index is 10.8.